The van der Waals surface area contributed by atoms with E-state index in [-0.39, 0.29) is 17.6 Å². The highest BCUT2D eigenvalue weighted by molar-refractivity contribution is 5.44. The molecule has 0 fully saturated rings. The second-order valence-corrected chi connectivity index (χ2v) is 6.97. The van der Waals surface area contributed by atoms with Crippen LogP contribution in [0.3, 0.4) is 0 Å². The molecule has 0 saturated heterocycles. The Kier molecular flexibility index (Phi) is 4.33. The minimum absolute atomic E-state index is 0.113. The maximum atomic E-state index is 12.9. The Balaban J connectivity index is 1.48. The SMILES string of the molecule is Nc1ncc(C#Cc2cncc(-n3nc4n(c3=O)CCC4c3ccccc3)c2)cn1. The van der Waals surface area contributed by atoms with Gasteiger partial charge in [-0.2, -0.15) is 4.68 Å². The molecule has 0 aliphatic carbocycles. The molecule has 0 radical (unpaired) electrons. The number of fused-ring (bicyclic) bond motifs is 1. The summed E-state index contributed by atoms with van der Waals surface area (Å²) in [5, 5.41) is 4.63. The van der Waals surface area contributed by atoms with Gasteiger partial charge in [-0.1, -0.05) is 42.2 Å². The molecule has 1 aliphatic heterocycles. The normalized spacial score (nSPS) is 14.7. The summed E-state index contributed by atoms with van der Waals surface area (Å²) >= 11 is 0. The summed E-state index contributed by atoms with van der Waals surface area (Å²) in [6, 6.07) is 11.9. The average Bonchev–Trinajstić information content (AvgIpc) is 3.34. The van der Waals surface area contributed by atoms with Gasteiger partial charge in [0.05, 0.1) is 17.4 Å². The number of hydrogen-bond donors (Lipinski definition) is 1. The Labute approximate surface area is 172 Å². The van der Waals surface area contributed by atoms with E-state index in [1.54, 1.807) is 35.4 Å². The minimum Gasteiger partial charge on any atom is -0.368 e. The van der Waals surface area contributed by atoms with Crippen LogP contribution in [0.1, 0.15) is 34.9 Å². The monoisotopic (exact) mass is 395 g/mol. The first-order chi connectivity index (χ1) is 14.7. The van der Waals surface area contributed by atoms with Crippen molar-refractivity contribution >= 4 is 5.95 Å². The Morgan fingerprint density at radius 3 is 2.57 bits per heavy atom. The molecule has 1 aliphatic rings. The van der Waals surface area contributed by atoms with Gasteiger partial charge in [0.2, 0.25) is 5.95 Å². The topological polar surface area (TPSA) is 105 Å². The quantitative estimate of drug-likeness (QED) is 0.519. The van der Waals surface area contributed by atoms with Gasteiger partial charge in [0.15, 0.2) is 0 Å². The van der Waals surface area contributed by atoms with Gasteiger partial charge >= 0.3 is 5.69 Å². The number of anilines is 1. The van der Waals surface area contributed by atoms with Crippen molar-refractivity contribution < 1.29 is 0 Å². The van der Waals surface area contributed by atoms with Gasteiger partial charge in [0.25, 0.3) is 0 Å². The molecule has 4 aromatic rings. The smallest absolute Gasteiger partial charge is 0.350 e. The van der Waals surface area contributed by atoms with E-state index in [1.807, 2.05) is 18.2 Å². The predicted molar refractivity (Wildman–Crippen MR) is 111 cm³/mol. The summed E-state index contributed by atoms with van der Waals surface area (Å²) in [4.78, 5) is 25.0. The van der Waals surface area contributed by atoms with Gasteiger partial charge in [-0.3, -0.25) is 9.55 Å². The van der Waals surface area contributed by atoms with E-state index in [0.29, 0.717) is 23.4 Å². The molecule has 0 spiro atoms. The van der Waals surface area contributed by atoms with Crippen molar-refractivity contribution in [3.05, 3.63) is 94.2 Å². The zero-order valence-corrected chi connectivity index (χ0v) is 15.9. The summed E-state index contributed by atoms with van der Waals surface area (Å²) in [6.07, 6.45) is 7.23. The Bertz CT molecular complexity index is 1330. The van der Waals surface area contributed by atoms with Crippen molar-refractivity contribution in [3.63, 3.8) is 0 Å². The summed E-state index contributed by atoms with van der Waals surface area (Å²) < 4.78 is 3.14. The van der Waals surface area contributed by atoms with Crippen molar-refractivity contribution in [1.82, 2.24) is 29.3 Å². The Morgan fingerprint density at radius 2 is 1.77 bits per heavy atom. The van der Waals surface area contributed by atoms with Crippen LogP contribution in [0.15, 0.2) is 66.0 Å². The fourth-order valence-corrected chi connectivity index (χ4v) is 3.59. The number of hydrogen-bond acceptors (Lipinski definition) is 6. The van der Waals surface area contributed by atoms with E-state index in [4.69, 9.17) is 5.73 Å². The van der Waals surface area contributed by atoms with Crippen molar-refractivity contribution in [2.24, 2.45) is 0 Å². The molecular weight excluding hydrogens is 378 g/mol. The molecule has 1 atom stereocenters. The predicted octanol–water partition coefficient (Wildman–Crippen LogP) is 1.74. The van der Waals surface area contributed by atoms with Gasteiger partial charge in [0, 0.05) is 36.6 Å². The van der Waals surface area contributed by atoms with E-state index >= 15 is 0 Å². The maximum absolute atomic E-state index is 12.9. The number of rotatable bonds is 2. The highest BCUT2D eigenvalue weighted by atomic mass is 16.2. The van der Waals surface area contributed by atoms with E-state index in [9.17, 15) is 4.79 Å². The molecule has 0 amide bonds. The number of benzene rings is 1. The number of nitrogens with zero attached hydrogens (tertiary/aromatic N) is 6. The van der Waals surface area contributed by atoms with E-state index in [2.05, 4.69) is 44.0 Å². The average molecular weight is 395 g/mol. The molecule has 8 heteroatoms. The molecular formula is C22H17N7O. The lowest BCUT2D eigenvalue weighted by atomic mass is 9.98. The van der Waals surface area contributed by atoms with Crippen LogP contribution in [-0.2, 0) is 6.54 Å². The molecule has 3 aromatic heterocycles. The van der Waals surface area contributed by atoms with Gasteiger partial charge in [-0.25, -0.2) is 14.8 Å². The molecule has 4 heterocycles. The number of nitrogens with two attached hydrogens (primary N) is 1. The summed E-state index contributed by atoms with van der Waals surface area (Å²) in [5.41, 5.74) is 8.36. The molecule has 146 valence electrons. The first-order valence-electron chi connectivity index (χ1n) is 9.49. The lowest BCUT2D eigenvalue weighted by Gasteiger charge is -2.08. The van der Waals surface area contributed by atoms with Crippen LogP contribution in [0.25, 0.3) is 5.69 Å². The molecule has 1 unspecified atom stereocenters. The molecule has 8 nitrogen and oxygen atoms in total. The third-order valence-corrected chi connectivity index (χ3v) is 5.04. The first-order valence-corrected chi connectivity index (χ1v) is 9.49. The van der Waals surface area contributed by atoms with Crippen LogP contribution >= 0.6 is 0 Å². The Morgan fingerprint density at radius 1 is 1.00 bits per heavy atom. The van der Waals surface area contributed by atoms with Crippen molar-refractivity contribution in [2.45, 2.75) is 18.9 Å². The third kappa shape index (κ3) is 3.22. The van der Waals surface area contributed by atoms with Crippen molar-refractivity contribution in [2.75, 3.05) is 5.73 Å². The summed E-state index contributed by atoms with van der Waals surface area (Å²) in [5.74, 6) is 7.07. The van der Waals surface area contributed by atoms with Crippen LogP contribution in [-0.4, -0.2) is 29.3 Å². The van der Waals surface area contributed by atoms with Crippen LogP contribution in [0.2, 0.25) is 0 Å². The third-order valence-electron chi connectivity index (χ3n) is 5.04. The maximum Gasteiger partial charge on any atom is 0.350 e. The number of nitrogen functional groups attached to an aromatic ring is 1. The van der Waals surface area contributed by atoms with E-state index < -0.39 is 0 Å². The van der Waals surface area contributed by atoms with Crippen molar-refractivity contribution in [1.29, 1.82) is 0 Å². The molecule has 5 rings (SSSR count). The fraction of sp³-hybridized carbons (Fsp3) is 0.136. The standard InChI is InChI=1S/C22H17N7O/c23-21-25-12-16(13-26-21)7-6-15-10-18(14-24-11-15)29-22(30)28-9-8-19(20(28)27-29)17-4-2-1-3-5-17/h1-5,10-14,19H,8-9H2,(H2,23,25,26). The van der Waals surface area contributed by atoms with Crippen LogP contribution in [0, 0.1) is 11.8 Å². The molecule has 30 heavy (non-hydrogen) atoms. The van der Waals surface area contributed by atoms with Gasteiger partial charge in [0.1, 0.15) is 5.82 Å². The zero-order chi connectivity index (χ0) is 20.5. The summed E-state index contributed by atoms with van der Waals surface area (Å²) in [6.45, 7) is 0.651. The highest BCUT2D eigenvalue weighted by Gasteiger charge is 2.29. The highest BCUT2D eigenvalue weighted by Crippen LogP contribution is 2.31. The molecule has 2 N–H and O–H groups in total. The molecule has 1 aromatic carbocycles. The minimum atomic E-state index is -0.165. The van der Waals surface area contributed by atoms with Crippen LogP contribution in [0.4, 0.5) is 5.95 Å². The summed E-state index contributed by atoms with van der Waals surface area (Å²) in [7, 11) is 0. The lowest BCUT2D eigenvalue weighted by Crippen LogP contribution is -2.23. The second kappa shape index (κ2) is 7.29. The zero-order valence-electron chi connectivity index (χ0n) is 15.9. The fourth-order valence-electron chi connectivity index (χ4n) is 3.59. The lowest BCUT2D eigenvalue weighted by molar-refractivity contribution is 0.664. The van der Waals surface area contributed by atoms with Crippen LogP contribution in [0.5, 0.6) is 0 Å². The van der Waals surface area contributed by atoms with Crippen molar-refractivity contribution in [3.8, 4) is 17.5 Å². The van der Waals surface area contributed by atoms with E-state index in [0.717, 1.165) is 17.8 Å². The Hall–Kier alpha value is -4.25. The molecule has 0 saturated carbocycles. The van der Waals surface area contributed by atoms with Gasteiger partial charge < -0.3 is 5.73 Å². The van der Waals surface area contributed by atoms with E-state index in [1.165, 1.54) is 4.68 Å². The largest absolute Gasteiger partial charge is 0.368 e. The van der Waals surface area contributed by atoms with Gasteiger partial charge in [-0.05, 0) is 18.1 Å². The van der Waals surface area contributed by atoms with Crippen LogP contribution < -0.4 is 11.4 Å². The molecule has 0 bridgehead atoms. The number of aromatic nitrogens is 6. The van der Waals surface area contributed by atoms with Gasteiger partial charge in [-0.15, -0.1) is 5.10 Å². The first kappa shape index (κ1) is 17.8. The second-order valence-electron chi connectivity index (χ2n) is 6.97. The number of pyridine rings is 1.